The highest BCUT2D eigenvalue weighted by atomic mass is 16.5. The van der Waals surface area contributed by atoms with Gasteiger partial charge in [0.15, 0.2) is 0 Å². The predicted molar refractivity (Wildman–Crippen MR) is 128 cm³/mol. The molecule has 2 atom stereocenters. The number of aliphatic hydroxyl groups is 2. The maximum absolute atomic E-state index is 10.3. The Bertz CT molecular complexity index is 687. The van der Waals surface area contributed by atoms with Crippen LogP contribution < -0.4 is 0 Å². The summed E-state index contributed by atoms with van der Waals surface area (Å²) in [5.74, 6) is 0. The van der Waals surface area contributed by atoms with Crippen LogP contribution in [-0.4, -0.2) is 99.1 Å². The highest BCUT2D eigenvalue weighted by Crippen LogP contribution is 2.11. The third-order valence-electron chi connectivity index (χ3n) is 5.31. The van der Waals surface area contributed by atoms with E-state index in [0.29, 0.717) is 35.3 Å². The number of hydrogen-bond acceptors (Lipinski definition) is 4. The topological polar surface area (TPSA) is 58.9 Å². The van der Waals surface area contributed by atoms with Crippen molar-refractivity contribution in [3.8, 4) is 0 Å². The molecule has 6 nitrogen and oxygen atoms in total. The minimum absolute atomic E-state index is 0.281. The number of benzene rings is 2. The Labute approximate surface area is 193 Å². The van der Waals surface area contributed by atoms with Crippen molar-refractivity contribution >= 4 is 0 Å². The van der Waals surface area contributed by atoms with Crippen molar-refractivity contribution in [2.75, 3.05) is 67.7 Å². The van der Waals surface area contributed by atoms with Gasteiger partial charge in [-0.1, -0.05) is 60.7 Å². The molecule has 0 heterocycles. The summed E-state index contributed by atoms with van der Waals surface area (Å²) in [5, 5.41) is 20.7. The molecule has 0 spiro atoms. The summed E-state index contributed by atoms with van der Waals surface area (Å²) in [4.78, 5) is 0. The Morgan fingerprint density at radius 1 is 0.625 bits per heavy atom. The third kappa shape index (κ3) is 11.2. The summed E-state index contributed by atoms with van der Waals surface area (Å²) in [6, 6.07) is 20.6. The second-order valence-corrected chi connectivity index (χ2v) is 9.98. The van der Waals surface area contributed by atoms with Gasteiger partial charge in [0.25, 0.3) is 0 Å². The molecule has 2 rings (SSSR count). The Kier molecular flexibility index (Phi) is 10.8. The highest BCUT2D eigenvalue weighted by molar-refractivity contribution is 5.14. The Balaban J connectivity index is 1.56. The summed E-state index contributed by atoms with van der Waals surface area (Å²) >= 11 is 0. The van der Waals surface area contributed by atoms with Crippen LogP contribution in [0.5, 0.6) is 0 Å². The normalized spacial score (nSPS) is 14.3. The molecule has 0 aromatic heterocycles. The summed E-state index contributed by atoms with van der Waals surface area (Å²) in [5.41, 5.74) is 2.51. The van der Waals surface area contributed by atoms with Gasteiger partial charge in [0.1, 0.15) is 38.4 Å². The predicted octanol–water partition coefficient (Wildman–Crippen LogP) is 2.29. The van der Waals surface area contributed by atoms with Crippen LogP contribution in [0.1, 0.15) is 11.1 Å². The van der Waals surface area contributed by atoms with Gasteiger partial charge in [0.2, 0.25) is 0 Å². The molecule has 2 aromatic carbocycles. The lowest BCUT2D eigenvalue weighted by atomic mass is 10.2. The number of ether oxygens (including phenoxy) is 2. The summed E-state index contributed by atoms with van der Waals surface area (Å²) in [6.45, 7) is 4.31. The largest absolute Gasteiger partial charge is 0.385 e. The van der Waals surface area contributed by atoms with Crippen LogP contribution in [0.2, 0.25) is 0 Å². The van der Waals surface area contributed by atoms with Crippen LogP contribution in [-0.2, 0) is 22.6 Å². The number of aliphatic hydroxyl groups excluding tert-OH is 2. The summed E-state index contributed by atoms with van der Waals surface area (Å²) < 4.78 is 12.5. The van der Waals surface area contributed by atoms with Gasteiger partial charge in [-0.2, -0.15) is 0 Å². The molecule has 2 N–H and O–H groups in total. The second-order valence-electron chi connectivity index (χ2n) is 9.98. The van der Waals surface area contributed by atoms with Crippen molar-refractivity contribution in [1.29, 1.82) is 0 Å². The standard InChI is InChI=1S/C26H42N2O4/c1-27(2,17-23-11-7-5-8-12-23)19-25(29)21-31-15-16-32-22-26(30)20-28(3,4)18-24-13-9-6-10-14-24/h5-14,25-26,29-30H,15-22H2,1-4H3/q+2. The van der Waals surface area contributed by atoms with Gasteiger partial charge in [-0.3, -0.25) is 0 Å². The van der Waals surface area contributed by atoms with Crippen LogP contribution >= 0.6 is 0 Å². The molecule has 178 valence electrons. The lowest BCUT2D eigenvalue weighted by Gasteiger charge is -2.32. The number of hydrogen-bond donors (Lipinski definition) is 2. The number of nitrogens with zero attached hydrogens (tertiary/aromatic N) is 2. The molecule has 0 fully saturated rings. The van der Waals surface area contributed by atoms with Crippen LogP contribution in [0.3, 0.4) is 0 Å². The zero-order valence-electron chi connectivity index (χ0n) is 20.2. The first-order valence-corrected chi connectivity index (χ1v) is 11.4. The molecule has 0 aliphatic carbocycles. The van der Waals surface area contributed by atoms with E-state index in [1.807, 2.05) is 36.4 Å². The molecule has 0 amide bonds. The van der Waals surface area contributed by atoms with E-state index in [1.165, 1.54) is 11.1 Å². The molecular formula is C26H42N2O4+2. The molecule has 6 heteroatoms. The Morgan fingerprint density at radius 3 is 1.31 bits per heavy atom. The Hall–Kier alpha value is -1.80. The van der Waals surface area contributed by atoms with E-state index < -0.39 is 12.2 Å². The lowest BCUT2D eigenvalue weighted by molar-refractivity contribution is -0.906. The number of rotatable bonds is 15. The fourth-order valence-corrected chi connectivity index (χ4v) is 4.09. The molecule has 2 aromatic rings. The van der Waals surface area contributed by atoms with E-state index in [0.717, 1.165) is 13.1 Å². The summed E-state index contributed by atoms with van der Waals surface area (Å²) in [6.07, 6.45) is -1.06. The van der Waals surface area contributed by atoms with Gasteiger partial charge in [0.05, 0.1) is 54.6 Å². The first-order valence-electron chi connectivity index (χ1n) is 11.4. The van der Waals surface area contributed by atoms with Crippen LogP contribution in [0.15, 0.2) is 60.7 Å². The van der Waals surface area contributed by atoms with E-state index in [1.54, 1.807) is 0 Å². The van der Waals surface area contributed by atoms with Gasteiger partial charge in [0, 0.05) is 11.1 Å². The average Bonchev–Trinajstić information content (AvgIpc) is 2.70. The molecule has 0 saturated heterocycles. The van der Waals surface area contributed by atoms with Crippen molar-refractivity contribution in [1.82, 2.24) is 0 Å². The molecule has 0 bridgehead atoms. The zero-order chi connectivity index (χ0) is 23.5. The molecular weight excluding hydrogens is 404 g/mol. The monoisotopic (exact) mass is 446 g/mol. The quantitative estimate of drug-likeness (QED) is 0.326. The minimum Gasteiger partial charge on any atom is -0.385 e. The van der Waals surface area contributed by atoms with Gasteiger partial charge in [-0.05, 0) is 0 Å². The SMILES string of the molecule is C[N+](C)(Cc1ccccc1)CC(O)COCCOCC(O)C[N+](C)(C)Cc1ccccc1. The smallest absolute Gasteiger partial charge is 0.126 e. The van der Waals surface area contributed by atoms with E-state index in [9.17, 15) is 10.2 Å². The van der Waals surface area contributed by atoms with Crippen molar-refractivity contribution < 1.29 is 28.7 Å². The van der Waals surface area contributed by atoms with E-state index in [-0.39, 0.29) is 13.2 Å². The summed E-state index contributed by atoms with van der Waals surface area (Å²) in [7, 11) is 8.44. The van der Waals surface area contributed by atoms with Crippen molar-refractivity contribution in [3.05, 3.63) is 71.8 Å². The molecule has 0 aliphatic heterocycles. The van der Waals surface area contributed by atoms with Gasteiger partial charge >= 0.3 is 0 Å². The fourth-order valence-electron chi connectivity index (χ4n) is 4.09. The fraction of sp³-hybridized carbons (Fsp3) is 0.538. The van der Waals surface area contributed by atoms with Crippen molar-refractivity contribution in [2.45, 2.75) is 25.3 Å². The van der Waals surface area contributed by atoms with Gasteiger partial charge in [-0.25, -0.2) is 0 Å². The lowest BCUT2D eigenvalue weighted by Crippen LogP contribution is -2.46. The maximum atomic E-state index is 10.3. The first kappa shape index (κ1) is 26.5. The Morgan fingerprint density at radius 2 is 0.969 bits per heavy atom. The molecule has 32 heavy (non-hydrogen) atoms. The van der Waals surface area contributed by atoms with E-state index in [2.05, 4.69) is 52.5 Å². The van der Waals surface area contributed by atoms with E-state index in [4.69, 9.17) is 9.47 Å². The van der Waals surface area contributed by atoms with Crippen LogP contribution in [0.4, 0.5) is 0 Å². The molecule has 2 unspecified atom stereocenters. The molecule has 0 saturated carbocycles. The molecule has 0 aliphatic rings. The van der Waals surface area contributed by atoms with E-state index >= 15 is 0 Å². The maximum Gasteiger partial charge on any atom is 0.126 e. The first-order chi connectivity index (χ1) is 15.2. The second kappa shape index (κ2) is 13.0. The van der Waals surface area contributed by atoms with Crippen LogP contribution in [0, 0.1) is 0 Å². The van der Waals surface area contributed by atoms with Crippen molar-refractivity contribution in [2.24, 2.45) is 0 Å². The number of likely N-dealkylation sites (N-methyl/N-ethyl adjacent to an activating group) is 2. The molecule has 0 radical (unpaired) electrons. The average molecular weight is 447 g/mol. The minimum atomic E-state index is -0.532. The van der Waals surface area contributed by atoms with Gasteiger partial charge < -0.3 is 28.7 Å². The number of quaternary nitrogens is 2. The van der Waals surface area contributed by atoms with Crippen molar-refractivity contribution in [3.63, 3.8) is 0 Å². The van der Waals surface area contributed by atoms with Crippen LogP contribution in [0.25, 0.3) is 0 Å². The zero-order valence-corrected chi connectivity index (χ0v) is 20.2. The van der Waals surface area contributed by atoms with Gasteiger partial charge in [-0.15, -0.1) is 0 Å². The third-order valence-corrected chi connectivity index (χ3v) is 5.31. The highest BCUT2D eigenvalue weighted by Gasteiger charge is 2.22.